The van der Waals surface area contributed by atoms with Crippen LogP contribution in [0, 0.1) is 3.01 Å². The SMILES string of the molecule is CC1(c2nsc(I)n2)CCCCO1. The lowest BCUT2D eigenvalue weighted by atomic mass is 9.95. The first kappa shape index (κ1) is 9.79. The minimum Gasteiger partial charge on any atom is -0.367 e. The summed E-state index contributed by atoms with van der Waals surface area (Å²) in [4.78, 5) is 4.38. The van der Waals surface area contributed by atoms with Crippen LogP contribution in [0.25, 0.3) is 0 Å². The third-order valence-electron chi connectivity index (χ3n) is 2.34. The van der Waals surface area contributed by atoms with Gasteiger partial charge in [0.1, 0.15) is 5.60 Å². The summed E-state index contributed by atoms with van der Waals surface area (Å²) < 4.78 is 11.0. The molecule has 0 aliphatic carbocycles. The number of hydrogen-bond acceptors (Lipinski definition) is 4. The molecular formula is C8H11IN2OS. The van der Waals surface area contributed by atoms with Gasteiger partial charge in [0.05, 0.1) is 0 Å². The van der Waals surface area contributed by atoms with Crippen molar-refractivity contribution in [3.8, 4) is 0 Å². The molecule has 1 aliphatic rings. The van der Waals surface area contributed by atoms with E-state index in [0.717, 1.165) is 28.3 Å². The van der Waals surface area contributed by atoms with E-state index in [-0.39, 0.29) is 5.60 Å². The van der Waals surface area contributed by atoms with E-state index in [4.69, 9.17) is 4.74 Å². The summed E-state index contributed by atoms with van der Waals surface area (Å²) in [5.41, 5.74) is -0.224. The molecule has 0 N–H and O–H groups in total. The van der Waals surface area contributed by atoms with Crippen molar-refractivity contribution in [2.75, 3.05) is 6.61 Å². The maximum absolute atomic E-state index is 5.74. The summed E-state index contributed by atoms with van der Waals surface area (Å²) in [5.74, 6) is 0.863. The van der Waals surface area contributed by atoms with E-state index in [1.54, 1.807) is 0 Å². The highest BCUT2D eigenvalue weighted by Gasteiger charge is 2.33. The number of aromatic nitrogens is 2. The Balaban J connectivity index is 2.22. The number of nitrogens with zero attached hydrogens (tertiary/aromatic N) is 2. The van der Waals surface area contributed by atoms with Crippen LogP contribution in [0.15, 0.2) is 0 Å². The van der Waals surface area contributed by atoms with Gasteiger partial charge in [-0.05, 0) is 60.3 Å². The van der Waals surface area contributed by atoms with Crippen molar-refractivity contribution in [3.63, 3.8) is 0 Å². The van der Waals surface area contributed by atoms with Gasteiger partial charge in [0.25, 0.3) is 0 Å². The Kier molecular flexibility index (Phi) is 2.85. The number of hydrogen-bond donors (Lipinski definition) is 0. The first-order valence-electron chi connectivity index (χ1n) is 4.34. The summed E-state index contributed by atoms with van der Waals surface area (Å²) in [6, 6.07) is 0. The van der Waals surface area contributed by atoms with E-state index in [1.165, 1.54) is 18.0 Å². The first-order valence-corrected chi connectivity index (χ1v) is 6.19. The van der Waals surface area contributed by atoms with E-state index >= 15 is 0 Å². The van der Waals surface area contributed by atoms with Crippen molar-refractivity contribution < 1.29 is 4.74 Å². The van der Waals surface area contributed by atoms with E-state index < -0.39 is 0 Å². The Morgan fingerprint density at radius 1 is 1.54 bits per heavy atom. The predicted molar refractivity (Wildman–Crippen MR) is 59.8 cm³/mol. The molecule has 1 aliphatic heterocycles. The average Bonchev–Trinajstić information content (AvgIpc) is 2.54. The Labute approximate surface area is 95.2 Å². The molecule has 0 amide bonds. The lowest BCUT2D eigenvalue weighted by Gasteiger charge is -2.31. The van der Waals surface area contributed by atoms with Crippen molar-refractivity contribution in [2.24, 2.45) is 0 Å². The normalized spacial score (nSPS) is 29.1. The monoisotopic (exact) mass is 310 g/mol. The lowest BCUT2D eigenvalue weighted by molar-refractivity contribution is -0.0753. The molecule has 1 atom stereocenters. The summed E-state index contributed by atoms with van der Waals surface area (Å²) >= 11 is 3.63. The standard InChI is InChI=1S/C8H11IN2OS/c1-8(4-2-3-5-12-8)6-10-7(9)13-11-6/h2-5H2,1H3. The zero-order chi connectivity index (χ0) is 9.31. The Bertz CT molecular complexity index is 296. The second kappa shape index (κ2) is 3.78. The zero-order valence-corrected chi connectivity index (χ0v) is 10.4. The Morgan fingerprint density at radius 2 is 2.38 bits per heavy atom. The fourth-order valence-electron chi connectivity index (χ4n) is 1.53. The molecule has 13 heavy (non-hydrogen) atoms. The second-order valence-electron chi connectivity index (χ2n) is 3.41. The molecule has 3 nitrogen and oxygen atoms in total. The van der Waals surface area contributed by atoms with E-state index in [2.05, 4.69) is 38.9 Å². The molecule has 1 unspecified atom stereocenters. The van der Waals surface area contributed by atoms with Gasteiger partial charge in [0.15, 0.2) is 8.84 Å². The molecule has 5 heteroatoms. The van der Waals surface area contributed by atoms with Crippen molar-refractivity contribution in [1.29, 1.82) is 0 Å². The summed E-state index contributed by atoms with van der Waals surface area (Å²) in [7, 11) is 0. The van der Waals surface area contributed by atoms with Gasteiger partial charge in [-0.3, -0.25) is 0 Å². The largest absolute Gasteiger partial charge is 0.367 e. The molecule has 1 fully saturated rings. The van der Waals surface area contributed by atoms with Gasteiger partial charge in [-0.25, -0.2) is 4.98 Å². The maximum Gasteiger partial charge on any atom is 0.175 e. The van der Waals surface area contributed by atoms with Gasteiger partial charge < -0.3 is 4.74 Å². The Hall–Kier alpha value is 0.250. The highest BCUT2D eigenvalue weighted by atomic mass is 127. The molecule has 2 rings (SSSR count). The van der Waals surface area contributed by atoms with Gasteiger partial charge in [-0.15, -0.1) is 0 Å². The molecule has 1 aromatic rings. The number of rotatable bonds is 1. The first-order chi connectivity index (χ1) is 6.21. The van der Waals surface area contributed by atoms with Crippen LogP contribution in [0.5, 0.6) is 0 Å². The fraction of sp³-hybridized carbons (Fsp3) is 0.750. The maximum atomic E-state index is 5.74. The Morgan fingerprint density at radius 3 is 2.92 bits per heavy atom. The molecule has 2 heterocycles. The zero-order valence-electron chi connectivity index (χ0n) is 7.42. The minimum absolute atomic E-state index is 0.224. The molecule has 0 bridgehead atoms. The molecule has 72 valence electrons. The van der Waals surface area contributed by atoms with Crippen LogP contribution in [0.2, 0.25) is 0 Å². The van der Waals surface area contributed by atoms with Crippen molar-refractivity contribution in [2.45, 2.75) is 31.8 Å². The summed E-state index contributed by atoms with van der Waals surface area (Å²) in [6.45, 7) is 2.93. The third kappa shape index (κ3) is 2.02. The summed E-state index contributed by atoms with van der Waals surface area (Å²) in [5, 5.41) is 0. The quantitative estimate of drug-likeness (QED) is 0.748. The fourth-order valence-corrected chi connectivity index (χ4v) is 2.58. The van der Waals surface area contributed by atoms with Gasteiger partial charge >= 0.3 is 0 Å². The van der Waals surface area contributed by atoms with Crippen LogP contribution in [-0.4, -0.2) is 16.0 Å². The molecule has 0 spiro atoms. The van der Waals surface area contributed by atoms with E-state index in [9.17, 15) is 0 Å². The summed E-state index contributed by atoms with van der Waals surface area (Å²) in [6.07, 6.45) is 3.42. The average molecular weight is 310 g/mol. The van der Waals surface area contributed by atoms with Crippen LogP contribution < -0.4 is 0 Å². The minimum atomic E-state index is -0.224. The molecule has 1 saturated heterocycles. The van der Waals surface area contributed by atoms with Crippen LogP contribution in [-0.2, 0) is 10.3 Å². The number of halogens is 1. The molecule has 0 aromatic carbocycles. The topological polar surface area (TPSA) is 35.0 Å². The van der Waals surface area contributed by atoms with E-state index in [0.29, 0.717) is 0 Å². The second-order valence-corrected chi connectivity index (χ2v) is 5.91. The molecule has 0 saturated carbocycles. The molecule has 0 radical (unpaired) electrons. The van der Waals surface area contributed by atoms with Gasteiger partial charge in [-0.2, -0.15) is 4.37 Å². The van der Waals surface area contributed by atoms with Crippen molar-refractivity contribution in [1.82, 2.24) is 9.36 Å². The van der Waals surface area contributed by atoms with E-state index in [1.807, 2.05) is 0 Å². The highest BCUT2D eigenvalue weighted by molar-refractivity contribution is 14.1. The number of ether oxygens (including phenoxy) is 1. The lowest BCUT2D eigenvalue weighted by Crippen LogP contribution is -2.31. The van der Waals surface area contributed by atoms with Gasteiger partial charge in [-0.1, -0.05) is 0 Å². The van der Waals surface area contributed by atoms with Gasteiger partial charge in [0.2, 0.25) is 0 Å². The van der Waals surface area contributed by atoms with Crippen molar-refractivity contribution in [3.05, 3.63) is 8.84 Å². The van der Waals surface area contributed by atoms with Crippen LogP contribution in [0.1, 0.15) is 32.0 Å². The van der Waals surface area contributed by atoms with Crippen LogP contribution >= 0.6 is 34.1 Å². The molecular weight excluding hydrogens is 299 g/mol. The highest BCUT2D eigenvalue weighted by Crippen LogP contribution is 2.33. The molecule has 1 aromatic heterocycles. The van der Waals surface area contributed by atoms with Crippen LogP contribution in [0.4, 0.5) is 0 Å². The third-order valence-corrected chi connectivity index (χ3v) is 3.68. The van der Waals surface area contributed by atoms with Gasteiger partial charge in [0, 0.05) is 6.61 Å². The van der Waals surface area contributed by atoms with Crippen LogP contribution in [0.3, 0.4) is 0 Å². The smallest absolute Gasteiger partial charge is 0.175 e. The van der Waals surface area contributed by atoms with Crippen molar-refractivity contribution >= 4 is 34.1 Å². The predicted octanol–water partition coefficient (Wildman–Crippen LogP) is 2.56.